The summed E-state index contributed by atoms with van der Waals surface area (Å²) in [7, 11) is 0. The molecule has 2 N–H and O–H groups in total. The number of pyridine rings is 1. The van der Waals surface area contributed by atoms with Crippen molar-refractivity contribution >= 4 is 17.7 Å². The molecule has 136 valence electrons. The van der Waals surface area contributed by atoms with E-state index in [0.29, 0.717) is 16.9 Å². The fourth-order valence-corrected chi connectivity index (χ4v) is 2.68. The second kappa shape index (κ2) is 6.44. The van der Waals surface area contributed by atoms with Crippen LogP contribution in [-0.2, 0) is 9.53 Å². The summed E-state index contributed by atoms with van der Waals surface area (Å²) in [5.74, 6) is -0.824. The maximum atomic E-state index is 14.6. The Morgan fingerprint density at radius 2 is 2.15 bits per heavy atom. The molecule has 0 aliphatic carbocycles. The van der Waals surface area contributed by atoms with Crippen LogP contribution >= 0.6 is 0 Å². The normalized spacial score (nSPS) is 16.4. The van der Waals surface area contributed by atoms with E-state index in [1.54, 1.807) is 18.2 Å². The minimum Gasteiger partial charge on any atom is -0.434 e. The molecule has 0 saturated carbocycles. The summed E-state index contributed by atoms with van der Waals surface area (Å²) >= 11 is 0. The summed E-state index contributed by atoms with van der Waals surface area (Å²) in [6.45, 7) is -0.0604. The molecule has 1 atom stereocenters. The number of hydrogen-bond donors (Lipinski definition) is 1. The van der Waals surface area contributed by atoms with E-state index in [0.717, 1.165) is 4.90 Å². The fourth-order valence-electron chi connectivity index (χ4n) is 2.68. The van der Waals surface area contributed by atoms with Crippen LogP contribution < -0.4 is 10.6 Å². The highest BCUT2D eigenvalue weighted by Gasteiger charge is 2.36. The van der Waals surface area contributed by atoms with Crippen LogP contribution in [0.4, 0.5) is 14.9 Å². The molecule has 2 amide bonds. The Balaban J connectivity index is 1.59. The van der Waals surface area contributed by atoms with Crippen molar-refractivity contribution in [3.63, 3.8) is 0 Å². The number of benzene rings is 1. The van der Waals surface area contributed by atoms with Gasteiger partial charge in [0.05, 0.1) is 12.2 Å². The van der Waals surface area contributed by atoms with Gasteiger partial charge >= 0.3 is 6.09 Å². The molecular weight excluding hydrogens is 357 g/mol. The minimum atomic E-state index is -1.05. The molecular formula is C16H12FN7O3. The van der Waals surface area contributed by atoms with Gasteiger partial charge in [-0.15, -0.1) is 5.10 Å². The Morgan fingerprint density at radius 1 is 1.30 bits per heavy atom. The lowest BCUT2D eigenvalue weighted by Crippen LogP contribution is -2.32. The van der Waals surface area contributed by atoms with Crippen LogP contribution in [0, 0.1) is 5.82 Å². The summed E-state index contributed by atoms with van der Waals surface area (Å²) in [6.07, 6.45) is 1.08. The van der Waals surface area contributed by atoms with Gasteiger partial charge in [-0.25, -0.2) is 14.2 Å². The molecule has 4 rings (SSSR count). The third-order valence-electron chi connectivity index (χ3n) is 4.04. The zero-order valence-corrected chi connectivity index (χ0v) is 13.7. The standard InChI is InChI=1S/C16H12FN7O3/c17-12-5-10(23-7-13(15(18)25)27-16(23)26)2-3-11(12)9-1-4-14(19-6-9)24-8-20-21-22-24/h1-6,8,13H,7H2,(H2,18,25)/t13-/m1/s1. The highest BCUT2D eigenvalue weighted by Crippen LogP contribution is 2.29. The van der Waals surface area contributed by atoms with E-state index in [1.807, 2.05) is 0 Å². The van der Waals surface area contributed by atoms with E-state index in [2.05, 4.69) is 20.5 Å². The quantitative estimate of drug-likeness (QED) is 0.715. The minimum absolute atomic E-state index is 0.0604. The lowest BCUT2D eigenvalue weighted by Gasteiger charge is -2.14. The summed E-state index contributed by atoms with van der Waals surface area (Å²) in [6, 6.07) is 7.58. The van der Waals surface area contributed by atoms with Crippen LogP contribution in [0.5, 0.6) is 0 Å². The number of halogens is 1. The Kier molecular flexibility index (Phi) is 3.95. The van der Waals surface area contributed by atoms with Crippen LogP contribution in [0.2, 0.25) is 0 Å². The Labute approximate surface area is 151 Å². The number of anilines is 1. The number of carbonyl (C=O) groups is 2. The van der Waals surface area contributed by atoms with Crippen molar-refractivity contribution in [3.05, 3.63) is 48.7 Å². The molecule has 11 heteroatoms. The van der Waals surface area contributed by atoms with Gasteiger partial charge in [0.2, 0.25) is 0 Å². The van der Waals surface area contributed by atoms with Gasteiger partial charge in [-0.05, 0) is 40.8 Å². The van der Waals surface area contributed by atoms with Gasteiger partial charge in [-0.2, -0.15) is 4.68 Å². The molecule has 1 saturated heterocycles. The van der Waals surface area contributed by atoms with E-state index in [4.69, 9.17) is 10.5 Å². The van der Waals surface area contributed by atoms with Gasteiger partial charge in [0, 0.05) is 17.3 Å². The van der Waals surface area contributed by atoms with Crippen molar-refractivity contribution in [2.45, 2.75) is 6.10 Å². The number of hydrogen-bond acceptors (Lipinski definition) is 7. The number of nitrogens with zero attached hydrogens (tertiary/aromatic N) is 6. The summed E-state index contributed by atoms with van der Waals surface area (Å²) < 4.78 is 20.8. The Hall–Kier alpha value is -3.89. The Bertz CT molecular complexity index is 1010. The topological polar surface area (TPSA) is 129 Å². The number of amides is 2. The average Bonchev–Trinajstić information content (AvgIpc) is 3.32. The zero-order valence-electron chi connectivity index (χ0n) is 13.7. The lowest BCUT2D eigenvalue weighted by molar-refractivity contribution is -0.124. The summed E-state index contributed by atoms with van der Waals surface area (Å²) in [5, 5.41) is 10.8. The van der Waals surface area contributed by atoms with Crippen LogP contribution in [0.25, 0.3) is 16.9 Å². The van der Waals surface area contributed by atoms with Crippen LogP contribution in [0.3, 0.4) is 0 Å². The molecule has 27 heavy (non-hydrogen) atoms. The van der Waals surface area contributed by atoms with Crippen LogP contribution in [-0.4, -0.2) is 49.8 Å². The largest absolute Gasteiger partial charge is 0.434 e. The van der Waals surface area contributed by atoms with Crippen molar-refractivity contribution in [3.8, 4) is 16.9 Å². The van der Waals surface area contributed by atoms with Crippen molar-refractivity contribution in [2.75, 3.05) is 11.4 Å². The smallest absolute Gasteiger partial charge is 0.415 e. The summed E-state index contributed by atoms with van der Waals surface area (Å²) in [4.78, 5) is 28.4. The number of cyclic esters (lactones) is 1. The average molecular weight is 369 g/mol. The molecule has 1 aliphatic heterocycles. The van der Waals surface area contributed by atoms with E-state index in [-0.39, 0.29) is 12.2 Å². The van der Waals surface area contributed by atoms with Crippen LogP contribution in [0.1, 0.15) is 0 Å². The number of aromatic nitrogens is 5. The number of nitrogens with two attached hydrogens (primary N) is 1. The van der Waals surface area contributed by atoms with E-state index in [9.17, 15) is 14.0 Å². The molecule has 3 heterocycles. The third kappa shape index (κ3) is 3.05. The van der Waals surface area contributed by atoms with E-state index >= 15 is 0 Å². The van der Waals surface area contributed by atoms with E-state index < -0.39 is 23.9 Å². The lowest BCUT2D eigenvalue weighted by atomic mass is 10.1. The number of carbonyl (C=O) groups excluding carboxylic acids is 2. The third-order valence-corrected chi connectivity index (χ3v) is 4.04. The zero-order chi connectivity index (χ0) is 19.0. The molecule has 1 aromatic carbocycles. The maximum absolute atomic E-state index is 14.6. The Morgan fingerprint density at radius 3 is 2.74 bits per heavy atom. The molecule has 0 spiro atoms. The first-order chi connectivity index (χ1) is 13.0. The fraction of sp³-hybridized carbons (Fsp3) is 0.125. The van der Waals surface area contributed by atoms with Crippen molar-refractivity contribution in [2.24, 2.45) is 5.73 Å². The SMILES string of the molecule is NC(=O)[C@H]1CN(c2ccc(-c3ccc(-n4cnnn4)nc3)c(F)c2)C(=O)O1. The molecule has 10 nitrogen and oxygen atoms in total. The van der Waals surface area contributed by atoms with Gasteiger partial charge in [0.15, 0.2) is 11.9 Å². The number of tetrazole rings is 1. The van der Waals surface area contributed by atoms with Crippen molar-refractivity contribution in [1.29, 1.82) is 0 Å². The number of primary amides is 1. The highest BCUT2D eigenvalue weighted by molar-refractivity contribution is 5.95. The van der Waals surface area contributed by atoms with Crippen molar-refractivity contribution < 1.29 is 18.7 Å². The van der Waals surface area contributed by atoms with Crippen molar-refractivity contribution in [1.82, 2.24) is 25.2 Å². The highest BCUT2D eigenvalue weighted by atomic mass is 19.1. The van der Waals surface area contributed by atoms with Gasteiger partial charge in [-0.1, -0.05) is 0 Å². The molecule has 0 radical (unpaired) electrons. The molecule has 1 fully saturated rings. The van der Waals surface area contributed by atoms with Gasteiger partial charge in [0.1, 0.15) is 12.1 Å². The number of rotatable bonds is 4. The predicted octanol–water partition coefficient (Wildman–Crippen LogP) is 0.674. The van der Waals surface area contributed by atoms with Crippen LogP contribution in [0.15, 0.2) is 42.9 Å². The molecule has 2 aromatic heterocycles. The second-order valence-corrected chi connectivity index (χ2v) is 5.71. The van der Waals surface area contributed by atoms with Gasteiger partial charge in [-0.3, -0.25) is 9.69 Å². The molecule has 1 aliphatic rings. The first-order valence-corrected chi connectivity index (χ1v) is 7.80. The molecule has 0 unspecified atom stereocenters. The first-order valence-electron chi connectivity index (χ1n) is 7.80. The summed E-state index contributed by atoms with van der Waals surface area (Å²) in [5.41, 5.74) is 6.24. The molecule has 3 aromatic rings. The maximum Gasteiger partial charge on any atom is 0.415 e. The monoisotopic (exact) mass is 369 g/mol. The predicted molar refractivity (Wildman–Crippen MR) is 89.2 cm³/mol. The molecule has 0 bridgehead atoms. The first kappa shape index (κ1) is 16.6. The second-order valence-electron chi connectivity index (χ2n) is 5.71. The van der Waals surface area contributed by atoms with Gasteiger partial charge in [0.25, 0.3) is 5.91 Å². The van der Waals surface area contributed by atoms with Gasteiger partial charge < -0.3 is 10.5 Å². The van der Waals surface area contributed by atoms with E-state index in [1.165, 1.54) is 29.3 Å². The number of ether oxygens (including phenoxy) is 1.